The van der Waals surface area contributed by atoms with Crippen LogP contribution in [0, 0.1) is 0 Å². The van der Waals surface area contributed by atoms with E-state index in [1.165, 1.54) is 0 Å². The van der Waals surface area contributed by atoms with Gasteiger partial charge in [0.25, 0.3) is 9.05 Å². The van der Waals surface area contributed by atoms with Crippen molar-refractivity contribution < 1.29 is 8.42 Å². The normalized spacial score (nSPS) is 12.6. The minimum absolute atomic E-state index is 0.780. The van der Waals surface area contributed by atoms with Gasteiger partial charge in [-0.2, -0.15) is 0 Å². The maximum atomic E-state index is 10.3. The molecule has 10 heavy (non-hydrogen) atoms. The Morgan fingerprint density at radius 2 is 2.10 bits per heavy atom. The summed E-state index contributed by atoms with van der Waals surface area (Å²) < 4.78 is 20.5. The van der Waals surface area contributed by atoms with Gasteiger partial charge in [-0.25, -0.2) is 8.42 Å². The summed E-state index contributed by atoms with van der Waals surface area (Å²) in [6.07, 6.45) is 4.42. The summed E-state index contributed by atoms with van der Waals surface area (Å²) in [6.45, 7) is 2.04. The molecule has 0 N–H and O–H groups in total. The summed E-state index contributed by atoms with van der Waals surface area (Å²) >= 11 is 0. The number of hydrogen-bond acceptors (Lipinski definition) is 2. The molecule has 0 radical (unpaired) electrons. The topological polar surface area (TPSA) is 34.1 Å². The molecule has 0 aliphatic carbocycles. The molecule has 0 aliphatic rings. The highest BCUT2D eigenvalue weighted by Gasteiger charge is 1.93. The van der Waals surface area contributed by atoms with Gasteiger partial charge >= 0.3 is 0 Å². The van der Waals surface area contributed by atoms with Crippen molar-refractivity contribution in [3.63, 3.8) is 0 Å². The van der Waals surface area contributed by atoms with Crippen LogP contribution >= 0.6 is 10.7 Å². The Kier molecular flexibility index (Phi) is 4.73. The molecule has 0 rings (SSSR count). The maximum Gasteiger partial charge on any atom is 0.254 e. The lowest BCUT2D eigenvalue weighted by Gasteiger charge is -1.86. The van der Waals surface area contributed by atoms with Crippen LogP contribution < -0.4 is 0 Å². The highest BCUT2D eigenvalue weighted by Crippen LogP contribution is 2.01. The quantitative estimate of drug-likeness (QED) is 0.494. The molecular weight excluding hydrogens is 172 g/mol. The summed E-state index contributed by atoms with van der Waals surface area (Å²) in [5, 5.41) is 1.03. The van der Waals surface area contributed by atoms with E-state index in [9.17, 15) is 8.42 Å². The Morgan fingerprint density at radius 1 is 1.50 bits per heavy atom. The predicted molar refractivity (Wildman–Crippen MR) is 43.4 cm³/mol. The first-order valence-electron chi connectivity index (χ1n) is 3.17. The van der Waals surface area contributed by atoms with Crippen LogP contribution in [0.3, 0.4) is 0 Å². The molecule has 0 aromatic carbocycles. The number of rotatable bonds is 4. The van der Waals surface area contributed by atoms with E-state index >= 15 is 0 Å². The fraction of sp³-hybridized carbons (Fsp3) is 0.667. The minimum Gasteiger partial charge on any atom is -0.208 e. The standard InChI is InChI=1S/C6H11ClO2S/c1-2-3-4-5-6-10(7,8)9/h5-6H,2-4H2,1H3/b6-5+. The Morgan fingerprint density at radius 3 is 2.50 bits per heavy atom. The molecule has 0 bridgehead atoms. The lowest BCUT2D eigenvalue weighted by molar-refractivity contribution is 0.617. The van der Waals surface area contributed by atoms with Crippen molar-refractivity contribution in [1.82, 2.24) is 0 Å². The first-order valence-corrected chi connectivity index (χ1v) is 5.54. The van der Waals surface area contributed by atoms with Gasteiger partial charge in [-0.3, -0.25) is 0 Å². The summed E-state index contributed by atoms with van der Waals surface area (Å²) in [5.74, 6) is 0. The van der Waals surface area contributed by atoms with E-state index in [1.807, 2.05) is 6.92 Å². The van der Waals surface area contributed by atoms with E-state index in [0.29, 0.717) is 0 Å². The SMILES string of the molecule is CCCC/C=C/S(=O)(=O)Cl. The fourth-order valence-corrected chi connectivity index (χ4v) is 1.09. The minimum atomic E-state index is -3.41. The second-order valence-electron chi connectivity index (χ2n) is 1.99. The van der Waals surface area contributed by atoms with E-state index in [2.05, 4.69) is 0 Å². The molecule has 0 fully saturated rings. The lowest BCUT2D eigenvalue weighted by Crippen LogP contribution is -1.78. The van der Waals surface area contributed by atoms with Crippen molar-refractivity contribution in [2.75, 3.05) is 0 Å². The van der Waals surface area contributed by atoms with Crippen LogP contribution in [-0.4, -0.2) is 8.42 Å². The highest BCUT2D eigenvalue weighted by molar-refractivity contribution is 8.16. The van der Waals surface area contributed by atoms with Gasteiger partial charge in [0.15, 0.2) is 0 Å². The molecule has 0 aromatic rings. The van der Waals surface area contributed by atoms with Gasteiger partial charge in [-0.05, 0) is 6.42 Å². The summed E-state index contributed by atoms with van der Waals surface area (Å²) in [5.41, 5.74) is 0. The molecule has 2 nitrogen and oxygen atoms in total. The molecule has 0 aliphatic heterocycles. The third-order valence-corrected chi connectivity index (χ3v) is 1.81. The zero-order chi connectivity index (χ0) is 8.04. The van der Waals surface area contributed by atoms with E-state index in [4.69, 9.17) is 10.7 Å². The highest BCUT2D eigenvalue weighted by atomic mass is 35.7. The first-order chi connectivity index (χ1) is 4.56. The monoisotopic (exact) mass is 182 g/mol. The average Bonchev–Trinajstić information content (AvgIpc) is 1.78. The van der Waals surface area contributed by atoms with E-state index in [-0.39, 0.29) is 0 Å². The van der Waals surface area contributed by atoms with Crippen molar-refractivity contribution >= 4 is 19.7 Å². The van der Waals surface area contributed by atoms with E-state index < -0.39 is 9.05 Å². The van der Waals surface area contributed by atoms with Crippen molar-refractivity contribution in [3.8, 4) is 0 Å². The molecule has 0 unspecified atom stereocenters. The van der Waals surface area contributed by atoms with Crippen LogP contribution in [0.2, 0.25) is 0 Å². The largest absolute Gasteiger partial charge is 0.254 e. The fourth-order valence-electron chi connectivity index (χ4n) is 0.505. The molecule has 0 saturated heterocycles. The van der Waals surface area contributed by atoms with Crippen LogP contribution in [0.25, 0.3) is 0 Å². The Balaban J connectivity index is 3.58. The van der Waals surface area contributed by atoms with Crippen molar-refractivity contribution in [1.29, 1.82) is 0 Å². The zero-order valence-electron chi connectivity index (χ0n) is 5.88. The molecule has 0 aromatic heterocycles. The number of hydrogen-bond donors (Lipinski definition) is 0. The number of allylic oxidation sites excluding steroid dienone is 1. The molecule has 0 atom stereocenters. The van der Waals surface area contributed by atoms with Crippen molar-refractivity contribution in [2.24, 2.45) is 0 Å². The van der Waals surface area contributed by atoms with Gasteiger partial charge in [0.05, 0.1) is 0 Å². The summed E-state index contributed by atoms with van der Waals surface area (Å²) in [6, 6.07) is 0. The third-order valence-electron chi connectivity index (χ3n) is 0.983. The lowest BCUT2D eigenvalue weighted by atomic mass is 10.2. The average molecular weight is 183 g/mol. The number of unbranched alkanes of at least 4 members (excludes halogenated alkanes) is 2. The predicted octanol–water partition coefficient (Wildman–Crippen LogP) is 2.26. The molecule has 0 heterocycles. The van der Waals surface area contributed by atoms with E-state index in [1.54, 1.807) is 6.08 Å². The van der Waals surface area contributed by atoms with Gasteiger partial charge in [-0.1, -0.05) is 25.8 Å². The third kappa shape index (κ3) is 7.98. The second kappa shape index (κ2) is 4.74. The van der Waals surface area contributed by atoms with Gasteiger partial charge in [0.2, 0.25) is 0 Å². The number of halogens is 1. The van der Waals surface area contributed by atoms with Crippen LogP contribution in [0.5, 0.6) is 0 Å². The molecular formula is C6H11ClO2S. The smallest absolute Gasteiger partial charge is 0.208 e. The maximum absolute atomic E-state index is 10.3. The van der Waals surface area contributed by atoms with Crippen LogP contribution in [0.4, 0.5) is 0 Å². The summed E-state index contributed by atoms with van der Waals surface area (Å²) in [4.78, 5) is 0. The Bertz CT molecular complexity index is 194. The Labute approximate surface area is 66.3 Å². The van der Waals surface area contributed by atoms with Crippen LogP contribution in [0.15, 0.2) is 11.5 Å². The first kappa shape index (κ1) is 9.98. The van der Waals surface area contributed by atoms with Crippen LogP contribution in [0.1, 0.15) is 26.2 Å². The van der Waals surface area contributed by atoms with Gasteiger partial charge in [0, 0.05) is 16.1 Å². The van der Waals surface area contributed by atoms with Crippen molar-refractivity contribution in [2.45, 2.75) is 26.2 Å². The summed E-state index contributed by atoms with van der Waals surface area (Å²) in [7, 11) is 1.48. The van der Waals surface area contributed by atoms with E-state index in [0.717, 1.165) is 24.7 Å². The molecule has 0 saturated carbocycles. The van der Waals surface area contributed by atoms with Crippen LogP contribution in [-0.2, 0) is 9.05 Å². The van der Waals surface area contributed by atoms with Crippen molar-refractivity contribution in [3.05, 3.63) is 11.5 Å². The van der Waals surface area contributed by atoms with Gasteiger partial charge in [-0.15, -0.1) is 0 Å². The Hall–Kier alpha value is -0.0200. The molecule has 4 heteroatoms. The molecule has 0 spiro atoms. The second-order valence-corrected chi connectivity index (χ2v) is 4.50. The van der Waals surface area contributed by atoms with Gasteiger partial charge < -0.3 is 0 Å². The molecule has 0 amide bonds. The van der Waals surface area contributed by atoms with Gasteiger partial charge in [0.1, 0.15) is 0 Å². The molecule has 60 valence electrons. The zero-order valence-corrected chi connectivity index (χ0v) is 7.45.